The number of amides is 1. The standard InChI is InChI=1S/C25H30F2N2O5/c1-15-11-21(17(3)29(15)16(2)13-33-4)23(30)14-34-25(32)18-7-9-28(10-8-18)24(31)20-6-5-19(26)12-22(20)27/h5-6,11-12,16,18H,7-10,13-14H2,1-4H3. The maximum Gasteiger partial charge on any atom is 0.309 e. The molecule has 0 bridgehead atoms. The van der Waals surface area contributed by atoms with Crippen molar-refractivity contribution in [3.05, 3.63) is 58.4 Å². The zero-order chi connectivity index (χ0) is 25.0. The van der Waals surface area contributed by atoms with Gasteiger partial charge >= 0.3 is 5.97 Å². The first-order valence-electron chi connectivity index (χ1n) is 11.3. The summed E-state index contributed by atoms with van der Waals surface area (Å²) in [4.78, 5) is 39.2. The van der Waals surface area contributed by atoms with Crippen LogP contribution in [0.4, 0.5) is 8.78 Å². The number of aromatic nitrogens is 1. The molecule has 1 atom stereocenters. The Bertz CT molecular complexity index is 1070. The molecule has 0 aliphatic carbocycles. The maximum absolute atomic E-state index is 13.9. The van der Waals surface area contributed by atoms with Gasteiger partial charge in [0.05, 0.1) is 24.1 Å². The highest BCUT2D eigenvalue weighted by atomic mass is 19.1. The predicted molar refractivity (Wildman–Crippen MR) is 121 cm³/mol. The summed E-state index contributed by atoms with van der Waals surface area (Å²) in [6.07, 6.45) is 0.676. The Kier molecular flexibility index (Phi) is 8.19. The first kappa shape index (κ1) is 25.6. The number of hydrogen-bond donors (Lipinski definition) is 0. The van der Waals surface area contributed by atoms with E-state index < -0.39 is 29.4 Å². The number of nitrogens with zero attached hydrogens (tertiary/aromatic N) is 2. The van der Waals surface area contributed by atoms with Gasteiger partial charge in [-0.15, -0.1) is 0 Å². The van der Waals surface area contributed by atoms with Crippen molar-refractivity contribution in [1.29, 1.82) is 0 Å². The molecule has 1 saturated heterocycles. The number of aryl methyl sites for hydroxylation is 1. The minimum absolute atomic E-state index is 0.0605. The molecule has 0 radical (unpaired) electrons. The molecule has 9 heteroatoms. The summed E-state index contributed by atoms with van der Waals surface area (Å²) in [7, 11) is 1.62. The molecule has 2 heterocycles. The number of Topliss-reactive ketones (excluding diaryl/α,β-unsaturated/α-hetero) is 1. The zero-order valence-corrected chi connectivity index (χ0v) is 19.9. The second kappa shape index (κ2) is 10.9. The molecular formula is C25H30F2N2O5. The molecule has 1 aliphatic heterocycles. The van der Waals surface area contributed by atoms with E-state index in [0.717, 1.165) is 23.5 Å². The molecule has 7 nitrogen and oxygen atoms in total. The average molecular weight is 477 g/mol. The first-order chi connectivity index (χ1) is 16.1. The molecule has 184 valence electrons. The third-order valence-electron chi connectivity index (χ3n) is 6.26. The quantitative estimate of drug-likeness (QED) is 0.427. The Balaban J connectivity index is 1.53. The van der Waals surface area contributed by atoms with Crippen molar-refractivity contribution < 1.29 is 32.6 Å². The minimum Gasteiger partial charge on any atom is -0.457 e. The maximum atomic E-state index is 13.9. The van der Waals surface area contributed by atoms with Gasteiger partial charge in [-0.1, -0.05) is 0 Å². The Morgan fingerprint density at radius 3 is 2.38 bits per heavy atom. The lowest BCUT2D eigenvalue weighted by atomic mass is 9.96. The SMILES string of the molecule is COCC(C)n1c(C)cc(C(=O)COC(=O)C2CCN(C(=O)c3ccc(F)cc3F)CC2)c1C. The van der Waals surface area contributed by atoms with Crippen molar-refractivity contribution in [3.8, 4) is 0 Å². The Morgan fingerprint density at radius 2 is 1.76 bits per heavy atom. The number of esters is 1. The van der Waals surface area contributed by atoms with Gasteiger partial charge in [0.25, 0.3) is 5.91 Å². The van der Waals surface area contributed by atoms with Gasteiger partial charge in [-0.3, -0.25) is 14.4 Å². The van der Waals surface area contributed by atoms with E-state index in [-0.39, 0.29) is 37.1 Å². The fourth-order valence-electron chi connectivity index (χ4n) is 4.54. The fraction of sp³-hybridized carbons (Fsp3) is 0.480. The second-order valence-electron chi connectivity index (χ2n) is 8.68. The van der Waals surface area contributed by atoms with Gasteiger partial charge in [0.1, 0.15) is 11.6 Å². The highest BCUT2D eigenvalue weighted by Gasteiger charge is 2.30. The molecule has 0 saturated carbocycles. The van der Waals surface area contributed by atoms with Crippen LogP contribution in [-0.4, -0.2) is 60.5 Å². The summed E-state index contributed by atoms with van der Waals surface area (Å²) >= 11 is 0. The van der Waals surface area contributed by atoms with Crippen LogP contribution in [0.2, 0.25) is 0 Å². The van der Waals surface area contributed by atoms with E-state index >= 15 is 0 Å². The number of ketones is 1. The van der Waals surface area contributed by atoms with E-state index in [0.29, 0.717) is 31.1 Å². The summed E-state index contributed by atoms with van der Waals surface area (Å²) in [5.41, 5.74) is 2.02. The largest absolute Gasteiger partial charge is 0.457 e. The van der Waals surface area contributed by atoms with Crippen molar-refractivity contribution in [3.63, 3.8) is 0 Å². The summed E-state index contributed by atoms with van der Waals surface area (Å²) in [6, 6.07) is 4.67. The van der Waals surface area contributed by atoms with Crippen LogP contribution < -0.4 is 0 Å². The van der Waals surface area contributed by atoms with Gasteiger partial charge in [-0.05, 0) is 51.8 Å². The van der Waals surface area contributed by atoms with E-state index in [9.17, 15) is 23.2 Å². The van der Waals surface area contributed by atoms with Crippen LogP contribution in [0.3, 0.4) is 0 Å². The van der Waals surface area contributed by atoms with Crippen molar-refractivity contribution >= 4 is 17.7 Å². The smallest absolute Gasteiger partial charge is 0.309 e. The Morgan fingerprint density at radius 1 is 1.09 bits per heavy atom. The minimum atomic E-state index is -0.916. The van der Waals surface area contributed by atoms with Crippen molar-refractivity contribution in [2.45, 2.75) is 39.7 Å². The van der Waals surface area contributed by atoms with Gasteiger partial charge in [-0.25, -0.2) is 8.78 Å². The van der Waals surface area contributed by atoms with E-state index in [4.69, 9.17) is 9.47 Å². The lowest BCUT2D eigenvalue weighted by Crippen LogP contribution is -2.41. The van der Waals surface area contributed by atoms with E-state index in [1.54, 1.807) is 13.2 Å². The third-order valence-corrected chi connectivity index (χ3v) is 6.26. The highest BCUT2D eigenvalue weighted by molar-refractivity contribution is 5.99. The molecule has 0 N–H and O–H groups in total. The molecule has 34 heavy (non-hydrogen) atoms. The number of methoxy groups -OCH3 is 1. The van der Waals surface area contributed by atoms with E-state index in [1.165, 1.54) is 4.90 Å². The van der Waals surface area contributed by atoms with Crippen molar-refractivity contribution in [2.24, 2.45) is 5.92 Å². The molecule has 1 unspecified atom stereocenters. The number of halogens is 2. The van der Waals surface area contributed by atoms with Gasteiger partial charge in [0, 0.05) is 43.2 Å². The number of likely N-dealkylation sites (tertiary alicyclic amines) is 1. The van der Waals surface area contributed by atoms with Crippen LogP contribution in [0.15, 0.2) is 24.3 Å². The number of piperidine rings is 1. The molecule has 0 spiro atoms. The molecule has 1 amide bonds. The van der Waals surface area contributed by atoms with Crippen molar-refractivity contribution in [1.82, 2.24) is 9.47 Å². The number of hydrogen-bond acceptors (Lipinski definition) is 5. The molecule has 1 aromatic carbocycles. The zero-order valence-electron chi connectivity index (χ0n) is 19.9. The number of rotatable bonds is 8. The van der Waals surface area contributed by atoms with E-state index in [2.05, 4.69) is 0 Å². The topological polar surface area (TPSA) is 77.8 Å². The number of carbonyl (C=O) groups excluding carboxylic acids is 3. The van der Waals surface area contributed by atoms with Crippen molar-refractivity contribution in [2.75, 3.05) is 33.4 Å². The van der Waals surface area contributed by atoms with Crippen LogP contribution in [0.1, 0.15) is 57.9 Å². The van der Waals surface area contributed by atoms with Crippen LogP contribution in [-0.2, 0) is 14.3 Å². The summed E-state index contributed by atoms with van der Waals surface area (Å²) in [6.45, 7) is 6.39. The number of benzene rings is 1. The second-order valence-corrected chi connectivity index (χ2v) is 8.68. The Labute approximate surface area is 197 Å². The predicted octanol–water partition coefficient (Wildman–Crippen LogP) is 3.87. The monoisotopic (exact) mass is 476 g/mol. The number of carbonyl (C=O) groups is 3. The van der Waals surface area contributed by atoms with Crippen LogP contribution in [0.25, 0.3) is 0 Å². The van der Waals surface area contributed by atoms with Crippen LogP contribution >= 0.6 is 0 Å². The molecule has 1 fully saturated rings. The van der Waals surface area contributed by atoms with Gasteiger partial charge in [0.15, 0.2) is 6.61 Å². The summed E-state index contributed by atoms with van der Waals surface area (Å²) in [5, 5.41) is 0. The van der Waals surface area contributed by atoms with Gasteiger partial charge < -0.3 is 18.9 Å². The molecule has 1 aliphatic rings. The average Bonchev–Trinajstić information content (AvgIpc) is 3.11. The number of ether oxygens (including phenoxy) is 2. The fourth-order valence-corrected chi connectivity index (χ4v) is 4.54. The normalized spacial score (nSPS) is 15.3. The summed E-state index contributed by atoms with van der Waals surface area (Å²) in [5.74, 6) is -3.44. The molecule has 3 rings (SSSR count). The van der Waals surface area contributed by atoms with Crippen LogP contribution in [0, 0.1) is 31.4 Å². The molecular weight excluding hydrogens is 446 g/mol. The third kappa shape index (κ3) is 5.52. The Hall–Kier alpha value is -3.07. The molecule has 2 aromatic rings. The van der Waals surface area contributed by atoms with Gasteiger partial charge in [0.2, 0.25) is 5.78 Å². The van der Waals surface area contributed by atoms with E-state index in [1.807, 2.05) is 25.3 Å². The summed E-state index contributed by atoms with van der Waals surface area (Å²) < 4.78 is 39.5. The lowest BCUT2D eigenvalue weighted by molar-refractivity contribution is -0.148. The first-order valence-corrected chi connectivity index (χ1v) is 11.3. The van der Waals surface area contributed by atoms with Crippen LogP contribution in [0.5, 0.6) is 0 Å². The van der Waals surface area contributed by atoms with Gasteiger partial charge in [-0.2, -0.15) is 0 Å². The molecule has 1 aromatic heterocycles. The lowest BCUT2D eigenvalue weighted by Gasteiger charge is -2.31. The highest BCUT2D eigenvalue weighted by Crippen LogP contribution is 2.23.